The molecule has 0 radical (unpaired) electrons. The molecule has 3 aromatic rings. The number of phenolic OH excluding ortho intramolecular Hbond substituents is 1. The van der Waals surface area contributed by atoms with Gasteiger partial charge in [-0.2, -0.15) is 0 Å². The summed E-state index contributed by atoms with van der Waals surface area (Å²) in [6.07, 6.45) is -0.0187. The number of ether oxygens (including phenoxy) is 1. The first-order valence-electron chi connectivity index (χ1n) is 9.66. The molecule has 0 aliphatic heterocycles. The van der Waals surface area contributed by atoms with Gasteiger partial charge in [0.05, 0.1) is 11.3 Å². The normalized spacial score (nSPS) is 11.2. The molecule has 0 fully saturated rings. The summed E-state index contributed by atoms with van der Waals surface area (Å²) in [6, 6.07) is 11.8. The number of aromatic hydroxyl groups is 1. The maximum absolute atomic E-state index is 13.2. The van der Waals surface area contributed by atoms with Crippen LogP contribution in [-0.4, -0.2) is 31.1 Å². The van der Waals surface area contributed by atoms with Gasteiger partial charge in [0.2, 0.25) is 9.84 Å². The number of hydrogen-bond acceptors (Lipinski definition) is 6. The fourth-order valence-corrected chi connectivity index (χ4v) is 4.52. The van der Waals surface area contributed by atoms with Crippen LogP contribution in [0.3, 0.4) is 0 Å². The molecule has 0 aliphatic rings. The fourth-order valence-electron chi connectivity index (χ4n) is 3.16. The third-order valence-electron chi connectivity index (χ3n) is 4.69. The van der Waals surface area contributed by atoms with Gasteiger partial charge in [-0.15, -0.1) is 0 Å². The molecule has 0 aliphatic carbocycles. The van der Waals surface area contributed by atoms with E-state index in [0.717, 1.165) is 41.1 Å². The van der Waals surface area contributed by atoms with E-state index < -0.39 is 27.4 Å². The minimum Gasteiger partial charge on any atom is -0.507 e. The van der Waals surface area contributed by atoms with Gasteiger partial charge < -0.3 is 20.3 Å². The average molecular weight is 459 g/mol. The standard InChI is InChI=1S/C23H22FNO6S/c1-14-11-17(25-10-9-22(27)28)12-15(2)23(14)31-18-5-8-20(26)21(13-18)32(29,30)19-6-3-16(24)4-7-19/h3-8,11-13,25-26H,9-10H2,1-2H3,(H,27,28). The summed E-state index contributed by atoms with van der Waals surface area (Å²) < 4.78 is 44.9. The van der Waals surface area contributed by atoms with Crippen LogP contribution in [-0.2, 0) is 14.6 Å². The zero-order chi connectivity index (χ0) is 23.5. The third-order valence-corrected chi connectivity index (χ3v) is 6.49. The maximum atomic E-state index is 13.2. The highest BCUT2D eigenvalue weighted by atomic mass is 32.2. The average Bonchev–Trinajstić information content (AvgIpc) is 2.72. The minimum absolute atomic E-state index is 0.0187. The van der Waals surface area contributed by atoms with E-state index in [4.69, 9.17) is 9.84 Å². The summed E-state index contributed by atoms with van der Waals surface area (Å²) in [6.45, 7) is 3.89. The van der Waals surface area contributed by atoms with Crippen LogP contribution in [0.4, 0.5) is 10.1 Å². The lowest BCUT2D eigenvalue weighted by Crippen LogP contribution is -2.08. The van der Waals surface area contributed by atoms with Gasteiger partial charge in [-0.1, -0.05) is 0 Å². The van der Waals surface area contributed by atoms with Crippen molar-refractivity contribution in [3.63, 3.8) is 0 Å². The zero-order valence-corrected chi connectivity index (χ0v) is 18.2. The van der Waals surface area contributed by atoms with Crippen LogP contribution in [0.5, 0.6) is 17.2 Å². The second kappa shape index (κ2) is 9.27. The van der Waals surface area contributed by atoms with Gasteiger partial charge in [-0.25, -0.2) is 12.8 Å². The number of phenols is 1. The number of halogens is 1. The molecule has 9 heteroatoms. The molecule has 3 N–H and O–H groups in total. The van der Waals surface area contributed by atoms with Crippen molar-refractivity contribution in [1.82, 2.24) is 0 Å². The molecule has 3 aromatic carbocycles. The summed E-state index contributed by atoms with van der Waals surface area (Å²) in [5.41, 5.74) is 2.23. The molecule has 32 heavy (non-hydrogen) atoms. The van der Waals surface area contributed by atoms with Gasteiger partial charge >= 0.3 is 5.97 Å². The van der Waals surface area contributed by atoms with Crippen molar-refractivity contribution < 1.29 is 32.6 Å². The second-order valence-electron chi connectivity index (χ2n) is 7.20. The molecule has 0 bridgehead atoms. The van der Waals surface area contributed by atoms with Crippen molar-refractivity contribution in [1.29, 1.82) is 0 Å². The minimum atomic E-state index is -4.10. The number of carboxylic acid groups (broad SMARTS) is 1. The molecular formula is C23H22FNO6S. The molecule has 0 amide bonds. The van der Waals surface area contributed by atoms with Crippen LogP contribution in [0.1, 0.15) is 17.5 Å². The molecule has 0 heterocycles. The molecule has 168 valence electrons. The smallest absolute Gasteiger partial charge is 0.305 e. The predicted molar refractivity (Wildman–Crippen MR) is 117 cm³/mol. The first-order valence-corrected chi connectivity index (χ1v) is 11.1. The Morgan fingerprint density at radius 1 is 1.03 bits per heavy atom. The quantitative estimate of drug-likeness (QED) is 0.420. The lowest BCUT2D eigenvalue weighted by molar-refractivity contribution is -0.136. The Morgan fingerprint density at radius 3 is 2.25 bits per heavy atom. The number of carboxylic acids is 1. The van der Waals surface area contributed by atoms with Crippen LogP contribution in [0.15, 0.2) is 64.4 Å². The molecule has 0 saturated heterocycles. The van der Waals surface area contributed by atoms with Crippen molar-refractivity contribution in [2.24, 2.45) is 0 Å². The van der Waals surface area contributed by atoms with Crippen LogP contribution in [0, 0.1) is 19.7 Å². The highest BCUT2D eigenvalue weighted by Crippen LogP contribution is 2.36. The number of anilines is 1. The Bertz CT molecular complexity index is 1230. The van der Waals surface area contributed by atoms with E-state index in [1.165, 1.54) is 18.2 Å². The van der Waals surface area contributed by atoms with E-state index in [2.05, 4.69) is 5.32 Å². The van der Waals surface area contributed by atoms with E-state index in [1.807, 2.05) is 0 Å². The first kappa shape index (κ1) is 23.1. The summed E-state index contributed by atoms with van der Waals surface area (Å²) in [5, 5.41) is 21.9. The lowest BCUT2D eigenvalue weighted by atomic mass is 10.1. The van der Waals surface area contributed by atoms with Crippen molar-refractivity contribution in [3.8, 4) is 17.2 Å². The Balaban J connectivity index is 1.89. The molecule has 0 atom stereocenters. The number of benzene rings is 3. The first-order chi connectivity index (χ1) is 15.1. The summed E-state index contributed by atoms with van der Waals surface area (Å²) in [5.74, 6) is -1.22. The van der Waals surface area contributed by atoms with Crippen LogP contribution < -0.4 is 10.1 Å². The Labute approximate surface area is 185 Å². The number of hydrogen-bond donors (Lipinski definition) is 3. The molecule has 0 unspecified atom stereocenters. The molecule has 0 spiro atoms. The largest absolute Gasteiger partial charge is 0.507 e. The predicted octanol–water partition coefficient (Wildman–Crippen LogP) is 4.66. The van der Waals surface area contributed by atoms with Gasteiger partial charge in [0.1, 0.15) is 28.0 Å². The molecular weight excluding hydrogens is 437 g/mol. The van der Waals surface area contributed by atoms with Crippen LogP contribution >= 0.6 is 0 Å². The molecule has 7 nitrogen and oxygen atoms in total. The lowest BCUT2D eigenvalue weighted by Gasteiger charge is -2.16. The van der Waals surface area contributed by atoms with Gasteiger partial charge in [-0.05, 0) is 73.5 Å². The van der Waals surface area contributed by atoms with E-state index in [-0.39, 0.29) is 28.5 Å². The zero-order valence-electron chi connectivity index (χ0n) is 17.4. The van der Waals surface area contributed by atoms with Crippen LogP contribution in [0.25, 0.3) is 0 Å². The van der Waals surface area contributed by atoms with E-state index in [1.54, 1.807) is 26.0 Å². The number of sulfone groups is 1. The van der Waals surface area contributed by atoms with Gasteiger partial charge in [0.15, 0.2) is 0 Å². The number of nitrogens with one attached hydrogen (secondary N) is 1. The van der Waals surface area contributed by atoms with Gasteiger partial charge in [0, 0.05) is 18.3 Å². The van der Waals surface area contributed by atoms with E-state index in [0.29, 0.717) is 5.75 Å². The van der Waals surface area contributed by atoms with E-state index >= 15 is 0 Å². The Kier molecular flexibility index (Phi) is 6.69. The highest BCUT2D eigenvalue weighted by molar-refractivity contribution is 7.91. The highest BCUT2D eigenvalue weighted by Gasteiger charge is 2.23. The SMILES string of the molecule is Cc1cc(NCCC(=O)O)cc(C)c1Oc1ccc(O)c(S(=O)(=O)c2ccc(F)cc2)c1. The Hall–Kier alpha value is -3.59. The number of aliphatic carboxylic acids is 1. The monoisotopic (exact) mass is 459 g/mol. The summed E-state index contributed by atoms with van der Waals surface area (Å²) >= 11 is 0. The van der Waals surface area contributed by atoms with Crippen molar-refractivity contribution in [3.05, 3.63) is 71.5 Å². The number of carbonyl (C=O) groups is 1. The van der Waals surface area contributed by atoms with Crippen molar-refractivity contribution in [2.45, 2.75) is 30.1 Å². The van der Waals surface area contributed by atoms with Crippen LogP contribution in [0.2, 0.25) is 0 Å². The third kappa shape index (κ3) is 5.17. The van der Waals surface area contributed by atoms with Crippen molar-refractivity contribution in [2.75, 3.05) is 11.9 Å². The molecule has 3 rings (SSSR count). The summed E-state index contributed by atoms with van der Waals surface area (Å²) in [4.78, 5) is 10.2. The van der Waals surface area contributed by atoms with Gasteiger partial charge in [0.25, 0.3) is 0 Å². The van der Waals surface area contributed by atoms with E-state index in [9.17, 15) is 22.7 Å². The maximum Gasteiger partial charge on any atom is 0.305 e. The fraction of sp³-hybridized carbons (Fsp3) is 0.174. The number of rotatable bonds is 8. The number of aryl methyl sites for hydroxylation is 2. The molecule has 0 saturated carbocycles. The van der Waals surface area contributed by atoms with Gasteiger partial charge in [-0.3, -0.25) is 4.79 Å². The second-order valence-corrected chi connectivity index (χ2v) is 9.12. The summed E-state index contributed by atoms with van der Waals surface area (Å²) in [7, 11) is -4.10. The Morgan fingerprint density at radius 2 is 1.66 bits per heavy atom. The van der Waals surface area contributed by atoms with Crippen molar-refractivity contribution >= 4 is 21.5 Å². The molecule has 0 aromatic heterocycles. The topological polar surface area (TPSA) is 113 Å².